The van der Waals surface area contributed by atoms with Gasteiger partial charge in [0.05, 0.1) is 6.10 Å². The average Bonchev–Trinajstić information content (AvgIpc) is 1.79. The van der Waals surface area contributed by atoms with Crippen LogP contribution in [0.1, 0.15) is 195 Å². The predicted octanol–water partition coefficient (Wildman–Crippen LogP) is 1.84. The first kappa shape index (κ1) is 90.7. The van der Waals surface area contributed by atoms with Crippen LogP contribution in [0.2, 0.25) is 0 Å². The minimum atomic E-state index is -1.83. The number of hydrogen-bond acceptors (Lipinski definition) is 17. The number of benzene rings is 1. The molecule has 0 unspecified atom stereocenters. The lowest BCUT2D eigenvalue weighted by molar-refractivity contribution is -0.157. The number of carbonyl (C=O) groups is 14. The molecule has 0 saturated carbocycles. The lowest BCUT2D eigenvalue weighted by atomic mass is 9.95. The number of carbonyl (C=O) groups excluding carboxylic acids is 14. The van der Waals surface area contributed by atoms with E-state index in [0.717, 1.165) is 6.42 Å². The van der Waals surface area contributed by atoms with Gasteiger partial charge < -0.3 is 84.3 Å². The Morgan fingerprint density at radius 1 is 0.610 bits per heavy atom. The van der Waals surface area contributed by atoms with Gasteiger partial charge >= 0.3 is 5.97 Å². The number of nitrogens with zero attached hydrogens (tertiary/aromatic N) is 1. The van der Waals surface area contributed by atoms with Crippen LogP contribution in [0.5, 0.6) is 0 Å². The third-order valence-electron chi connectivity index (χ3n) is 19.3. The monoisotopic (exact) mass is 1480 g/mol. The minimum absolute atomic E-state index is 0.0355. The van der Waals surface area contributed by atoms with Gasteiger partial charge in [-0.2, -0.15) is 0 Å². The van der Waals surface area contributed by atoms with Crippen molar-refractivity contribution >= 4 is 82.8 Å². The number of esters is 1. The Labute approximate surface area is 620 Å². The smallest absolute Gasteiger partial charge is 0.329 e. The van der Waals surface area contributed by atoms with Crippen LogP contribution in [-0.4, -0.2) is 191 Å². The number of amides is 13. The Morgan fingerprint density at radius 3 is 1.69 bits per heavy atom. The Hall–Kier alpha value is -8.54. The Kier molecular flexibility index (Phi) is 37.8. The first-order chi connectivity index (χ1) is 49.2. The van der Waals surface area contributed by atoms with Crippen LogP contribution in [0, 0.1) is 47.3 Å². The number of nitrogens with one attached hydrogen (secondary N) is 12. The molecule has 1 aromatic rings. The Balaban J connectivity index is 2.00. The number of nitrogens with two attached hydrogens (primary N) is 1. The number of likely N-dealkylation sites (tertiary alicyclic amines) is 1. The van der Waals surface area contributed by atoms with Crippen LogP contribution in [0.25, 0.3) is 0 Å². The van der Waals surface area contributed by atoms with E-state index in [1.165, 1.54) is 31.7 Å². The molecule has 590 valence electrons. The molecule has 2 aliphatic heterocycles. The first-order valence-electron chi connectivity index (χ1n) is 37.5. The fraction of sp³-hybridized carbons (Fsp3) is 0.707. The number of hydrogen-bond donors (Lipinski definition) is 14. The number of aliphatic hydroxyl groups excluding tert-OH is 1. The maximum atomic E-state index is 15.0. The third kappa shape index (κ3) is 27.7. The van der Waals surface area contributed by atoms with Crippen LogP contribution in [0.15, 0.2) is 42.1 Å². The van der Waals surface area contributed by atoms with E-state index in [0.29, 0.717) is 30.7 Å². The first-order valence-corrected chi connectivity index (χ1v) is 37.5. The zero-order valence-electron chi connectivity index (χ0n) is 65.2. The van der Waals surface area contributed by atoms with Crippen molar-refractivity contribution < 1.29 is 77.0 Å². The van der Waals surface area contributed by atoms with Crippen LogP contribution in [-0.2, 0) is 78.3 Å². The summed E-state index contributed by atoms with van der Waals surface area (Å²) in [6, 6.07) is -7.67. The molecular formula is C75H124N14O16. The highest BCUT2D eigenvalue weighted by Crippen LogP contribution is 2.23. The molecule has 0 aliphatic carbocycles. The molecule has 3 rings (SSSR count). The Morgan fingerprint density at radius 2 is 1.15 bits per heavy atom. The molecule has 0 aromatic heterocycles. The van der Waals surface area contributed by atoms with Gasteiger partial charge in [-0.3, -0.25) is 62.3 Å². The lowest BCUT2D eigenvalue weighted by Gasteiger charge is -2.33. The summed E-state index contributed by atoms with van der Waals surface area (Å²) in [5.41, 5.74) is 6.34. The fourth-order valence-electron chi connectivity index (χ4n) is 12.1. The summed E-state index contributed by atoms with van der Waals surface area (Å²) in [6.07, 6.45) is 1.02. The van der Waals surface area contributed by atoms with Crippen LogP contribution < -0.4 is 69.5 Å². The highest BCUT2D eigenvalue weighted by molar-refractivity contribution is 6.03. The van der Waals surface area contributed by atoms with Gasteiger partial charge in [0.25, 0.3) is 5.91 Å². The number of rotatable bonds is 33. The van der Waals surface area contributed by atoms with Gasteiger partial charge in [-0.15, -0.1) is 0 Å². The molecule has 2 heterocycles. The molecule has 2 aliphatic rings. The minimum Gasteiger partial charge on any atom is -0.458 e. The lowest BCUT2D eigenvalue weighted by Crippen LogP contribution is -2.64. The molecule has 0 radical (unpaired) electrons. The van der Waals surface area contributed by atoms with Crippen LogP contribution in [0.4, 0.5) is 0 Å². The van der Waals surface area contributed by atoms with Crippen LogP contribution >= 0.6 is 0 Å². The van der Waals surface area contributed by atoms with E-state index in [-0.39, 0.29) is 63.2 Å². The van der Waals surface area contributed by atoms with Crippen molar-refractivity contribution in [3.05, 3.63) is 47.7 Å². The second-order valence-corrected chi connectivity index (χ2v) is 30.2. The van der Waals surface area contributed by atoms with E-state index in [1.807, 2.05) is 13.8 Å². The fourth-order valence-corrected chi connectivity index (χ4v) is 12.1. The van der Waals surface area contributed by atoms with Crippen molar-refractivity contribution in [1.29, 1.82) is 0 Å². The van der Waals surface area contributed by atoms with Gasteiger partial charge in [0, 0.05) is 19.4 Å². The SMILES string of the molecule is C/C=C1/NC(=O)[C@H](Cc2ccccc2)NC(=O)[C@@H](C(C)C)NC(=O)[C@@H]([C@@H](C)CC)NC(=O)[C@H](NC(=O)[C@H](NC(=O)[C@H](CCCN)NC(=O)[C@H]2CCCN2C(=O)[C@H](NC(=O)[C@@H](NC(=O)[C@@H](NC(=O)[C@H](NC(=O)CCCC(C)C)C(C)C)[C@@H](C)O)C(C)C)C(C)C)[C@@H](C)CC)[C@@H](C)OC(=O)[C@H](C(C)C)NC1=O. The molecule has 15 N–H and O–H groups in total. The van der Waals surface area contributed by atoms with Gasteiger partial charge in [-0.25, -0.2) is 4.79 Å². The quantitative estimate of drug-likeness (QED) is 0.0353. The third-order valence-corrected chi connectivity index (χ3v) is 19.3. The maximum Gasteiger partial charge on any atom is 0.329 e. The molecule has 30 nitrogen and oxygen atoms in total. The largest absolute Gasteiger partial charge is 0.458 e. The maximum absolute atomic E-state index is 15.0. The van der Waals surface area contributed by atoms with Crippen molar-refractivity contribution in [3.63, 3.8) is 0 Å². The summed E-state index contributed by atoms with van der Waals surface area (Å²) in [5, 5.41) is 43.2. The molecular weight excluding hydrogens is 1350 g/mol. The Bertz CT molecular complexity index is 3160. The number of ether oxygens (including phenoxy) is 1. The normalized spacial score (nSPS) is 22.6. The molecule has 16 atom stereocenters. The highest BCUT2D eigenvalue weighted by atomic mass is 16.5. The number of aliphatic hydroxyl groups is 1. The second-order valence-electron chi connectivity index (χ2n) is 30.2. The van der Waals surface area contributed by atoms with E-state index < -0.39 is 203 Å². The summed E-state index contributed by atoms with van der Waals surface area (Å²) in [6.45, 7) is 31.8. The molecule has 2 saturated heterocycles. The summed E-state index contributed by atoms with van der Waals surface area (Å²) < 4.78 is 5.96. The number of allylic oxidation sites excluding steroid dienone is 1. The van der Waals surface area contributed by atoms with Crippen LogP contribution in [0.3, 0.4) is 0 Å². The van der Waals surface area contributed by atoms with E-state index in [4.69, 9.17) is 10.5 Å². The van der Waals surface area contributed by atoms with Gasteiger partial charge in [0.1, 0.15) is 84.3 Å². The van der Waals surface area contributed by atoms with Crippen molar-refractivity contribution in [1.82, 2.24) is 68.7 Å². The molecule has 105 heavy (non-hydrogen) atoms. The summed E-state index contributed by atoms with van der Waals surface area (Å²) in [5.74, 6) is -15.1. The van der Waals surface area contributed by atoms with Crippen molar-refractivity contribution in [2.45, 2.75) is 280 Å². The van der Waals surface area contributed by atoms with Gasteiger partial charge in [0.2, 0.25) is 70.9 Å². The van der Waals surface area contributed by atoms with E-state index >= 15 is 9.59 Å². The summed E-state index contributed by atoms with van der Waals surface area (Å²) >= 11 is 0. The van der Waals surface area contributed by atoms with Gasteiger partial charge in [0.15, 0.2) is 0 Å². The zero-order chi connectivity index (χ0) is 79.4. The summed E-state index contributed by atoms with van der Waals surface area (Å²) in [4.78, 5) is 202. The van der Waals surface area contributed by atoms with E-state index in [9.17, 15) is 62.6 Å². The van der Waals surface area contributed by atoms with Crippen molar-refractivity contribution in [2.24, 2.45) is 53.1 Å². The molecule has 0 spiro atoms. The molecule has 0 bridgehead atoms. The predicted molar refractivity (Wildman–Crippen MR) is 395 cm³/mol. The molecule has 13 amide bonds. The van der Waals surface area contributed by atoms with Crippen molar-refractivity contribution in [2.75, 3.05) is 13.1 Å². The highest BCUT2D eigenvalue weighted by Gasteiger charge is 2.44. The average molecular weight is 1480 g/mol. The molecule has 2 fully saturated rings. The zero-order valence-corrected chi connectivity index (χ0v) is 65.2. The van der Waals surface area contributed by atoms with Crippen molar-refractivity contribution in [3.8, 4) is 0 Å². The topological polar surface area (TPSA) is 442 Å². The molecule has 30 heteroatoms. The number of cyclic esters (lactones) is 1. The summed E-state index contributed by atoms with van der Waals surface area (Å²) in [7, 11) is 0. The van der Waals surface area contributed by atoms with E-state index in [2.05, 4.69) is 63.8 Å². The standard InChI is InChI=1S/C75H124N14O16/c1-20-44(16)59(71(100)88-62-47(19)105-75(104)58(43(14)15)84-63(92)49(22-3)77-65(94)51(37-48-30-24-23-25-31-48)79-67(96)55(40(8)9)81-70(99)60(45(17)21-2)86-73(62)102)85-64(93)50(32-27-35-76)78-66(95)52-33-28-36-89(52)74(103)57(42(12)13)83-69(98)56(41(10)11)82-72(101)61(46(18)90)87-68(97)54(39(6)7)80-53(91)34-26-29-38(4)5/h22-25,30-31,38-47,50-52,54-62,90H,20-21,26-29,32-37,76H2,1-19H3,(H,77,94)(H,78,95)(H,79,96)(H,80,91)(H,81,99)(H,82,101)(H,83,98)(H,84,92)(H,85,93)(H,86,102)(H,87,97)(H,88,100)/b49-22+/t44-,45-,46+,47+,50-,51-,52+,54+,55+,56-,57+,58-,59+,60+,61-,62+/m0/s1. The van der Waals surface area contributed by atoms with Gasteiger partial charge in [-0.1, -0.05) is 166 Å². The van der Waals surface area contributed by atoms with Gasteiger partial charge in [-0.05, 0) is 112 Å². The molecule has 1 aromatic carbocycles. The second kappa shape index (κ2) is 43.8. The van der Waals surface area contributed by atoms with E-state index in [1.54, 1.807) is 127 Å².